The highest BCUT2D eigenvalue weighted by Crippen LogP contribution is 2.42. The van der Waals surface area contributed by atoms with Gasteiger partial charge in [0, 0.05) is 18.6 Å². The average Bonchev–Trinajstić information content (AvgIpc) is 2.62. The second-order valence-electron chi connectivity index (χ2n) is 7.72. The van der Waals surface area contributed by atoms with Crippen LogP contribution in [0.2, 0.25) is 0 Å². The van der Waals surface area contributed by atoms with Crippen LogP contribution in [-0.4, -0.2) is 23.7 Å². The number of benzene rings is 1. The number of rotatable bonds is 6. The smallest absolute Gasteiger partial charge is 0.223 e. The van der Waals surface area contributed by atoms with Crippen LogP contribution in [-0.2, 0) is 11.2 Å². The summed E-state index contributed by atoms with van der Waals surface area (Å²) >= 11 is 0. The summed E-state index contributed by atoms with van der Waals surface area (Å²) in [7, 11) is 0. The molecule has 4 atom stereocenters. The summed E-state index contributed by atoms with van der Waals surface area (Å²) in [5.41, 5.74) is 1.22. The minimum absolute atomic E-state index is 0.0361. The van der Waals surface area contributed by atoms with Gasteiger partial charge in [0.1, 0.15) is 0 Å². The fraction of sp³-hybridized carbons (Fsp3) is 0.667. The maximum atomic E-state index is 12.8. The molecule has 1 amide bonds. The molecule has 2 saturated carbocycles. The van der Waals surface area contributed by atoms with Gasteiger partial charge in [-0.2, -0.15) is 0 Å². The van der Waals surface area contributed by atoms with Crippen LogP contribution in [0.25, 0.3) is 0 Å². The van der Waals surface area contributed by atoms with Gasteiger partial charge in [-0.05, 0) is 49.5 Å². The molecule has 24 heavy (non-hydrogen) atoms. The summed E-state index contributed by atoms with van der Waals surface area (Å²) in [6.45, 7) is 0.118. The molecule has 0 spiro atoms. The van der Waals surface area contributed by atoms with Gasteiger partial charge < -0.3 is 10.4 Å². The standard InChI is InChI=1S/C21H31NO2/c23-13-12-20(14-16-6-2-1-3-7-16)22-21(24)19-11-10-17-8-4-5-9-18(17)15-19/h1-3,6-7,17-20,23H,4-5,8-15H2,(H,22,24). The molecule has 2 fully saturated rings. The van der Waals surface area contributed by atoms with Crippen molar-refractivity contribution >= 4 is 5.91 Å². The van der Waals surface area contributed by atoms with Crippen molar-refractivity contribution in [3.05, 3.63) is 35.9 Å². The Kier molecular flexibility index (Phi) is 6.30. The minimum Gasteiger partial charge on any atom is -0.396 e. The largest absolute Gasteiger partial charge is 0.396 e. The molecule has 0 bridgehead atoms. The van der Waals surface area contributed by atoms with Gasteiger partial charge in [0.2, 0.25) is 5.91 Å². The highest BCUT2D eigenvalue weighted by Gasteiger charge is 2.35. The van der Waals surface area contributed by atoms with E-state index >= 15 is 0 Å². The number of aliphatic hydroxyl groups is 1. The molecular weight excluding hydrogens is 298 g/mol. The highest BCUT2D eigenvalue weighted by molar-refractivity contribution is 5.79. The number of fused-ring (bicyclic) bond motifs is 1. The Bertz CT molecular complexity index is 516. The molecule has 3 heteroatoms. The SMILES string of the molecule is O=C(NC(CCO)Cc1ccccc1)C1CCC2CCCCC2C1. The fourth-order valence-electron chi connectivity index (χ4n) is 4.71. The second-order valence-corrected chi connectivity index (χ2v) is 7.72. The second kappa shape index (κ2) is 8.66. The number of nitrogens with one attached hydrogen (secondary N) is 1. The Morgan fingerprint density at radius 1 is 1.08 bits per heavy atom. The monoisotopic (exact) mass is 329 g/mol. The Labute approximate surface area is 145 Å². The number of aliphatic hydroxyl groups excluding tert-OH is 1. The molecule has 0 heterocycles. The van der Waals surface area contributed by atoms with E-state index < -0.39 is 0 Å². The Balaban J connectivity index is 1.55. The van der Waals surface area contributed by atoms with Gasteiger partial charge in [-0.15, -0.1) is 0 Å². The van der Waals surface area contributed by atoms with Gasteiger partial charge in [0.25, 0.3) is 0 Å². The van der Waals surface area contributed by atoms with E-state index in [1.807, 2.05) is 18.2 Å². The molecule has 1 aromatic carbocycles. The molecular formula is C21H31NO2. The third-order valence-electron chi connectivity index (χ3n) is 6.06. The third-order valence-corrected chi connectivity index (χ3v) is 6.06. The molecule has 132 valence electrons. The summed E-state index contributed by atoms with van der Waals surface area (Å²) in [6.07, 6.45) is 10.2. The summed E-state index contributed by atoms with van der Waals surface area (Å²) in [6, 6.07) is 10.3. The van der Waals surface area contributed by atoms with E-state index in [1.165, 1.54) is 37.7 Å². The lowest BCUT2D eigenvalue weighted by atomic mass is 9.67. The molecule has 0 radical (unpaired) electrons. The average molecular weight is 329 g/mol. The Morgan fingerprint density at radius 2 is 1.83 bits per heavy atom. The first kappa shape index (κ1) is 17.5. The molecule has 3 rings (SSSR count). The van der Waals surface area contributed by atoms with Crippen LogP contribution >= 0.6 is 0 Å². The Morgan fingerprint density at radius 3 is 2.58 bits per heavy atom. The molecule has 3 nitrogen and oxygen atoms in total. The van der Waals surface area contributed by atoms with Gasteiger partial charge >= 0.3 is 0 Å². The van der Waals surface area contributed by atoms with Gasteiger partial charge in [-0.1, -0.05) is 56.0 Å². The van der Waals surface area contributed by atoms with Crippen molar-refractivity contribution in [2.75, 3.05) is 6.61 Å². The zero-order chi connectivity index (χ0) is 16.8. The van der Waals surface area contributed by atoms with Crippen molar-refractivity contribution in [2.24, 2.45) is 17.8 Å². The normalized spacial score (nSPS) is 28.0. The maximum absolute atomic E-state index is 12.8. The van der Waals surface area contributed by atoms with E-state index in [9.17, 15) is 9.90 Å². The first-order valence-electron chi connectivity index (χ1n) is 9.71. The van der Waals surface area contributed by atoms with E-state index in [1.54, 1.807) is 0 Å². The molecule has 0 saturated heterocycles. The number of hydrogen-bond acceptors (Lipinski definition) is 2. The Hall–Kier alpha value is -1.35. The molecule has 0 aromatic heterocycles. The predicted octanol–water partition coefficient (Wildman–Crippen LogP) is 3.70. The lowest BCUT2D eigenvalue weighted by Crippen LogP contribution is -2.43. The summed E-state index contributed by atoms with van der Waals surface area (Å²) in [4.78, 5) is 12.8. The summed E-state index contributed by atoms with van der Waals surface area (Å²) in [5, 5.41) is 12.6. The first-order chi connectivity index (χ1) is 11.8. The predicted molar refractivity (Wildman–Crippen MR) is 96.6 cm³/mol. The quantitative estimate of drug-likeness (QED) is 0.836. The van der Waals surface area contributed by atoms with E-state index in [4.69, 9.17) is 0 Å². The topological polar surface area (TPSA) is 49.3 Å². The molecule has 4 unspecified atom stereocenters. The fourth-order valence-corrected chi connectivity index (χ4v) is 4.71. The summed E-state index contributed by atoms with van der Waals surface area (Å²) < 4.78 is 0. The number of hydrogen-bond donors (Lipinski definition) is 2. The van der Waals surface area contributed by atoms with Crippen LogP contribution in [0, 0.1) is 17.8 Å². The summed E-state index contributed by atoms with van der Waals surface area (Å²) in [5.74, 6) is 2.05. The molecule has 2 N–H and O–H groups in total. The van der Waals surface area contributed by atoms with Gasteiger partial charge in [-0.25, -0.2) is 0 Å². The van der Waals surface area contributed by atoms with E-state index in [2.05, 4.69) is 17.4 Å². The lowest BCUT2D eigenvalue weighted by Gasteiger charge is -2.39. The van der Waals surface area contributed by atoms with Crippen LogP contribution in [0.3, 0.4) is 0 Å². The highest BCUT2D eigenvalue weighted by atomic mass is 16.3. The van der Waals surface area contributed by atoms with Crippen molar-refractivity contribution in [3.63, 3.8) is 0 Å². The maximum Gasteiger partial charge on any atom is 0.223 e. The van der Waals surface area contributed by atoms with Crippen LogP contribution in [0.4, 0.5) is 0 Å². The molecule has 1 aromatic rings. The van der Waals surface area contributed by atoms with Crippen LogP contribution < -0.4 is 5.32 Å². The van der Waals surface area contributed by atoms with E-state index in [0.717, 1.165) is 31.1 Å². The molecule has 2 aliphatic rings. The minimum atomic E-state index is 0.0361. The number of amides is 1. The van der Waals surface area contributed by atoms with Crippen LogP contribution in [0.15, 0.2) is 30.3 Å². The van der Waals surface area contributed by atoms with E-state index in [0.29, 0.717) is 6.42 Å². The van der Waals surface area contributed by atoms with Crippen LogP contribution in [0.5, 0.6) is 0 Å². The number of carbonyl (C=O) groups is 1. The third kappa shape index (κ3) is 4.60. The number of carbonyl (C=O) groups excluding carboxylic acids is 1. The van der Waals surface area contributed by atoms with Crippen molar-refractivity contribution in [2.45, 2.75) is 63.8 Å². The van der Waals surface area contributed by atoms with Crippen molar-refractivity contribution in [1.29, 1.82) is 0 Å². The van der Waals surface area contributed by atoms with Gasteiger partial charge in [0.15, 0.2) is 0 Å². The lowest BCUT2D eigenvalue weighted by molar-refractivity contribution is -0.128. The van der Waals surface area contributed by atoms with Crippen molar-refractivity contribution < 1.29 is 9.90 Å². The van der Waals surface area contributed by atoms with Crippen molar-refractivity contribution in [1.82, 2.24) is 5.32 Å². The van der Waals surface area contributed by atoms with Crippen LogP contribution in [0.1, 0.15) is 56.9 Å². The van der Waals surface area contributed by atoms with Crippen molar-refractivity contribution in [3.8, 4) is 0 Å². The zero-order valence-corrected chi connectivity index (χ0v) is 14.6. The van der Waals surface area contributed by atoms with Gasteiger partial charge in [0.05, 0.1) is 0 Å². The first-order valence-corrected chi connectivity index (χ1v) is 9.71. The zero-order valence-electron chi connectivity index (χ0n) is 14.6. The molecule has 2 aliphatic carbocycles. The van der Waals surface area contributed by atoms with E-state index in [-0.39, 0.29) is 24.5 Å². The van der Waals surface area contributed by atoms with Gasteiger partial charge in [-0.3, -0.25) is 4.79 Å². The molecule has 0 aliphatic heterocycles.